The lowest BCUT2D eigenvalue weighted by molar-refractivity contribution is -0.134. The highest BCUT2D eigenvalue weighted by Gasteiger charge is 2.12. The van der Waals surface area contributed by atoms with E-state index in [9.17, 15) is 14.4 Å². The molecule has 3 rings (SSSR count). The molecule has 0 fully saturated rings. The Morgan fingerprint density at radius 3 is 1.64 bits per heavy atom. The number of carbonyl (C=O) groups is 3. The van der Waals surface area contributed by atoms with Crippen molar-refractivity contribution in [2.75, 3.05) is 11.9 Å². The van der Waals surface area contributed by atoms with Gasteiger partial charge in [-0.2, -0.15) is 0 Å². The fourth-order valence-corrected chi connectivity index (χ4v) is 4.94. The molecule has 0 saturated carbocycles. The van der Waals surface area contributed by atoms with Crippen molar-refractivity contribution in [1.29, 1.82) is 0 Å². The molecule has 0 heterocycles. The van der Waals surface area contributed by atoms with Gasteiger partial charge in [0.2, 0.25) is 0 Å². The summed E-state index contributed by atoms with van der Waals surface area (Å²) in [6, 6.07) is 20.8. The van der Waals surface area contributed by atoms with Gasteiger partial charge in [-0.25, -0.2) is 9.59 Å². The molecule has 3 aromatic rings. The zero-order chi connectivity index (χ0) is 31.6. The van der Waals surface area contributed by atoms with Crippen LogP contribution in [0, 0.1) is 5.92 Å². The van der Waals surface area contributed by atoms with E-state index in [-0.39, 0.29) is 11.9 Å². The molecule has 1 unspecified atom stereocenters. The summed E-state index contributed by atoms with van der Waals surface area (Å²) in [6.07, 6.45) is 12.0. The van der Waals surface area contributed by atoms with Crippen molar-refractivity contribution in [3.8, 4) is 22.6 Å². The van der Waals surface area contributed by atoms with E-state index in [0.29, 0.717) is 41.6 Å². The molecule has 1 atom stereocenters. The fraction of sp³-hybridized carbons (Fsp3) is 0.432. The van der Waals surface area contributed by atoms with E-state index >= 15 is 0 Å². The molecule has 0 spiro atoms. The molecule has 0 radical (unpaired) electrons. The molecule has 6 nitrogen and oxygen atoms in total. The molecule has 0 aliphatic rings. The number of benzene rings is 3. The lowest BCUT2D eigenvalue weighted by Crippen LogP contribution is -2.11. The Bertz CT molecular complexity index is 1290. The molecule has 0 aliphatic heterocycles. The molecule has 236 valence electrons. The van der Waals surface area contributed by atoms with Crippen LogP contribution in [0.4, 0.5) is 0 Å². The molecule has 0 saturated heterocycles. The first kappa shape index (κ1) is 35.0. The number of halogens is 1. The highest BCUT2D eigenvalue weighted by atomic mass is 79.9. The maximum Gasteiger partial charge on any atom is 0.343 e. The second kappa shape index (κ2) is 19.8. The smallest absolute Gasteiger partial charge is 0.343 e. The largest absolute Gasteiger partial charge is 0.462 e. The summed E-state index contributed by atoms with van der Waals surface area (Å²) >= 11 is 3.47. The average molecular weight is 666 g/mol. The van der Waals surface area contributed by atoms with Gasteiger partial charge in [0, 0.05) is 11.8 Å². The summed E-state index contributed by atoms with van der Waals surface area (Å²) in [5.74, 6) is 0.0698. The van der Waals surface area contributed by atoms with E-state index in [0.717, 1.165) is 42.1 Å². The Morgan fingerprint density at radius 2 is 1.07 bits per heavy atom. The van der Waals surface area contributed by atoms with Crippen molar-refractivity contribution in [2.24, 2.45) is 5.92 Å². The van der Waals surface area contributed by atoms with Crippen LogP contribution >= 0.6 is 15.9 Å². The normalized spacial score (nSPS) is 11.5. The lowest BCUT2D eigenvalue weighted by atomic mass is 10.0. The maximum atomic E-state index is 12.7. The fourth-order valence-electron chi connectivity index (χ4n) is 4.54. The zero-order valence-corrected chi connectivity index (χ0v) is 27.6. The minimum atomic E-state index is -0.501. The number of ether oxygens (including phenoxy) is 3. The third-order valence-electron chi connectivity index (χ3n) is 7.55. The highest BCUT2D eigenvalue weighted by molar-refractivity contribution is 9.09. The molecule has 0 bridgehead atoms. The first-order valence-electron chi connectivity index (χ1n) is 15.9. The summed E-state index contributed by atoms with van der Waals surface area (Å²) < 4.78 is 16.3. The van der Waals surface area contributed by atoms with E-state index in [1.165, 1.54) is 38.5 Å². The maximum absolute atomic E-state index is 12.7. The summed E-state index contributed by atoms with van der Waals surface area (Å²) in [6.45, 7) is 4.52. The molecular formula is C37H45BrO6. The van der Waals surface area contributed by atoms with E-state index < -0.39 is 5.97 Å². The number of carbonyl (C=O) groups excluding carboxylic acids is 3. The van der Waals surface area contributed by atoms with Crippen LogP contribution in [-0.4, -0.2) is 29.8 Å². The Morgan fingerprint density at radius 1 is 0.614 bits per heavy atom. The SMILES string of the molecule is CCC(C)COC(=O)c1ccc(-c2ccc(OC(=O)c3ccc(OC(=O)CCCCCCCCCCCBr)cc3)cc2)cc1. The summed E-state index contributed by atoms with van der Waals surface area (Å²) in [7, 11) is 0. The number of unbranched alkanes of at least 4 members (excludes halogenated alkanes) is 8. The van der Waals surface area contributed by atoms with Crippen LogP contribution < -0.4 is 9.47 Å². The van der Waals surface area contributed by atoms with Crippen LogP contribution in [0.1, 0.15) is 105 Å². The summed E-state index contributed by atoms with van der Waals surface area (Å²) in [5, 5.41) is 1.09. The van der Waals surface area contributed by atoms with E-state index in [1.807, 2.05) is 31.2 Å². The van der Waals surface area contributed by atoms with Crippen molar-refractivity contribution >= 4 is 33.8 Å². The van der Waals surface area contributed by atoms with Gasteiger partial charge in [0.25, 0.3) is 0 Å². The van der Waals surface area contributed by atoms with Gasteiger partial charge in [-0.05, 0) is 78.4 Å². The number of hydrogen-bond acceptors (Lipinski definition) is 6. The van der Waals surface area contributed by atoms with Crippen molar-refractivity contribution in [3.63, 3.8) is 0 Å². The molecule has 0 aromatic heterocycles. The molecule has 44 heavy (non-hydrogen) atoms. The first-order chi connectivity index (χ1) is 21.4. The number of alkyl halides is 1. The van der Waals surface area contributed by atoms with E-state index in [2.05, 4.69) is 22.9 Å². The summed E-state index contributed by atoms with van der Waals surface area (Å²) in [4.78, 5) is 37.1. The van der Waals surface area contributed by atoms with Crippen molar-refractivity contribution < 1.29 is 28.6 Å². The van der Waals surface area contributed by atoms with Gasteiger partial charge in [0.15, 0.2) is 0 Å². The number of hydrogen-bond donors (Lipinski definition) is 0. The minimum Gasteiger partial charge on any atom is -0.462 e. The third-order valence-corrected chi connectivity index (χ3v) is 8.11. The van der Waals surface area contributed by atoms with Gasteiger partial charge in [0.1, 0.15) is 11.5 Å². The van der Waals surface area contributed by atoms with Gasteiger partial charge in [0.05, 0.1) is 17.7 Å². The average Bonchev–Trinajstić information content (AvgIpc) is 3.05. The van der Waals surface area contributed by atoms with Crippen LogP contribution in [-0.2, 0) is 9.53 Å². The Kier molecular flexibility index (Phi) is 15.7. The number of esters is 3. The monoisotopic (exact) mass is 664 g/mol. The minimum absolute atomic E-state index is 0.258. The highest BCUT2D eigenvalue weighted by Crippen LogP contribution is 2.24. The van der Waals surface area contributed by atoms with Crippen LogP contribution in [0.2, 0.25) is 0 Å². The van der Waals surface area contributed by atoms with Crippen molar-refractivity contribution in [1.82, 2.24) is 0 Å². The van der Waals surface area contributed by atoms with E-state index in [4.69, 9.17) is 14.2 Å². The van der Waals surface area contributed by atoms with Crippen molar-refractivity contribution in [2.45, 2.75) is 84.5 Å². The van der Waals surface area contributed by atoms with Crippen molar-refractivity contribution in [3.05, 3.63) is 83.9 Å². The number of rotatable bonds is 19. The Hall–Kier alpha value is -3.45. The van der Waals surface area contributed by atoms with Gasteiger partial charge in [-0.1, -0.05) is 105 Å². The van der Waals surface area contributed by atoms with E-state index in [1.54, 1.807) is 48.5 Å². The van der Waals surface area contributed by atoms with Crippen LogP contribution in [0.3, 0.4) is 0 Å². The molecule has 3 aromatic carbocycles. The second-order valence-corrected chi connectivity index (χ2v) is 12.0. The second-order valence-electron chi connectivity index (χ2n) is 11.2. The van der Waals surface area contributed by atoms with Gasteiger partial charge < -0.3 is 14.2 Å². The molecule has 0 amide bonds. The third kappa shape index (κ3) is 12.7. The molecule has 0 aliphatic carbocycles. The molecule has 0 N–H and O–H groups in total. The Labute approximate surface area is 270 Å². The first-order valence-corrected chi connectivity index (χ1v) is 17.0. The van der Waals surface area contributed by atoms with Crippen LogP contribution in [0.5, 0.6) is 11.5 Å². The van der Waals surface area contributed by atoms with Gasteiger partial charge in [-0.15, -0.1) is 0 Å². The quantitative estimate of drug-likeness (QED) is 0.0549. The molecular weight excluding hydrogens is 620 g/mol. The topological polar surface area (TPSA) is 78.9 Å². The zero-order valence-electron chi connectivity index (χ0n) is 26.0. The standard InChI is InChI=1S/C37H45BrO6/c1-3-28(2)27-42-36(40)31-16-14-29(15-17-31)30-18-22-34(23-19-30)44-37(41)32-20-24-33(25-21-32)43-35(39)13-11-9-7-5-4-6-8-10-12-26-38/h14-25,28H,3-13,26-27H2,1-2H3. The predicted molar refractivity (Wildman–Crippen MR) is 179 cm³/mol. The summed E-state index contributed by atoms with van der Waals surface area (Å²) in [5.41, 5.74) is 2.72. The molecule has 7 heteroatoms. The predicted octanol–water partition coefficient (Wildman–Crippen LogP) is 9.98. The van der Waals surface area contributed by atoms with Gasteiger partial charge >= 0.3 is 17.9 Å². The lowest BCUT2D eigenvalue weighted by Gasteiger charge is -2.10. The van der Waals surface area contributed by atoms with Gasteiger partial charge in [-0.3, -0.25) is 4.79 Å². The van der Waals surface area contributed by atoms with Crippen LogP contribution in [0.25, 0.3) is 11.1 Å². The van der Waals surface area contributed by atoms with Crippen LogP contribution in [0.15, 0.2) is 72.8 Å². The Balaban J connectivity index is 1.38.